The van der Waals surface area contributed by atoms with Crippen LogP contribution in [0.1, 0.15) is 25.7 Å². The van der Waals surface area contributed by atoms with Gasteiger partial charge in [-0.2, -0.15) is 17.5 Å². The maximum atomic E-state index is 12.6. The first kappa shape index (κ1) is 21.5. The molecule has 1 unspecified atom stereocenters. The summed E-state index contributed by atoms with van der Waals surface area (Å²) in [7, 11) is -3.95. The second-order valence-electron chi connectivity index (χ2n) is 6.13. The number of amides is 1. The summed E-state index contributed by atoms with van der Waals surface area (Å²) >= 11 is 0. The van der Waals surface area contributed by atoms with E-state index >= 15 is 0 Å². The van der Waals surface area contributed by atoms with Gasteiger partial charge in [-0.3, -0.25) is 4.79 Å². The molecular formula is C13H23ClF3N3O3S. The van der Waals surface area contributed by atoms with E-state index in [1.807, 2.05) is 0 Å². The van der Waals surface area contributed by atoms with Gasteiger partial charge in [-0.1, -0.05) is 0 Å². The number of nitrogens with one attached hydrogen (secondary N) is 1. The van der Waals surface area contributed by atoms with Crippen molar-refractivity contribution in [1.29, 1.82) is 0 Å². The minimum atomic E-state index is -4.58. The molecule has 0 aromatic carbocycles. The van der Waals surface area contributed by atoms with Crippen LogP contribution in [0.5, 0.6) is 0 Å². The highest BCUT2D eigenvalue weighted by Crippen LogP contribution is 2.25. The Balaban J connectivity index is 0.00000288. The molecule has 2 fully saturated rings. The lowest BCUT2D eigenvalue weighted by Gasteiger charge is -2.38. The standard InChI is InChI=1S/C13H22F3N3O3S.ClH/c1-23(21,22)19(9-13(14,15)16)10-4-7-18(8-5-10)12(20)11-3-2-6-17-11;/h10-11,17H,2-9H2,1H3;1H. The van der Waals surface area contributed by atoms with Gasteiger partial charge in [0, 0.05) is 19.1 Å². The highest BCUT2D eigenvalue weighted by molar-refractivity contribution is 7.88. The Morgan fingerprint density at radius 1 is 1.25 bits per heavy atom. The third-order valence-corrected chi connectivity index (χ3v) is 5.58. The van der Waals surface area contributed by atoms with Gasteiger partial charge in [0.15, 0.2) is 0 Å². The highest BCUT2D eigenvalue weighted by Gasteiger charge is 2.40. The number of nitrogens with zero attached hydrogens (tertiary/aromatic N) is 2. The van der Waals surface area contributed by atoms with Gasteiger partial charge in [-0.05, 0) is 32.2 Å². The fourth-order valence-corrected chi connectivity index (χ4v) is 4.32. The van der Waals surface area contributed by atoms with Crippen molar-refractivity contribution in [3.8, 4) is 0 Å². The van der Waals surface area contributed by atoms with E-state index in [1.54, 1.807) is 4.90 Å². The summed E-state index contributed by atoms with van der Waals surface area (Å²) in [6.45, 7) is -0.119. The normalized spacial score (nSPS) is 23.4. The maximum Gasteiger partial charge on any atom is 0.402 e. The summed E-state index contributed by atoms with van der Waals surface area (Å²) in [6.07, 6.45) is -1.64. The van der Waals surface area contributed by atoms with Crippen molar-refractivity contribution in [1.82, 2.24) is 14.5 Å². The molecule has 2 aliphatic rings. The fraction of sp³-hybridized carbons (Fsp3) is 0.923. The number of halogens is 4. The van der Waals surface area contributed by atoms with Crippen LogP contribution in [0.4, 0.5) is 13.2 Å². The fourth-order valence-electron chi connectivity index (χ4n) is 3.18. The van der Waals surface area contributed by atoms with E-state index in [1.165, 1.54) is 0 Å². The zero-order chi connectivity index (χ0) is 17.3. The summed E-state index contributed by atoms with van der Waals surface area (Å²) in [6, 6.07) is -0.931. The SMILES string of the molecule is CS(=O)(=O)N(CC(F)(F)F)C1CCN(C(=O)C2CCCN2)CC1.Cl. The molecule has 0 aromatic heterocycles. The Hall–Kier alpha value is -0.580. The van der Waals surface area contributed by atoms with E-state index in [4.69, 9.17) is 0 Å². The van der Waals surface area contributed by atoms with Crippen LogP contribution in [-0.2, 0) is 14.8 Å². The van der Waals surface area contributed by atoms with Crippen LogP contribution in [0, 0.1) is 0 Å². The minimum absolute atomic E-state index is 0. The van der Waals surface area contributed by atoms with Crippen molar-refractivity contribution in [3.05, 3.63) is 0 Å². The number of hydrogen-bond acceptors (Lipinski definition) is 4. The lowest BCUT2D eigenvalue weighted by Crippen LogP contribution is -2.53. The maximum absolute atomic E-state index is 12.6. The van der Waals surface area contributed by atoms with Gasteiger partial charge in [0.05, 0.1) is 12.3 Å². The number of hydrogen-bond donors (Lipinski definition) is 1. The zero-order valence-electron chi connectivity index (χ0n) is 13.4. The van der Waals surface area contributed by atoms with Gasteiger partial charge >= 0.3 is 6.18 Å². The molecule has 0 aromatic rings. The van der Waals surface area contributed by atoms with Gasteiger partial charge in [0.2, 0.25) is 15.9 Å². The molecular weight excluding hydrogens is 371 g/mol. The lowest BCUT2D eigenvalue weighted by molar-refractivity contribution is -0.143. The molecule has 2 heterocycles. The van der Waals surface area contributed by atoms with Crippen LogP contribution < -0.4 is 5.32 Å². The molecule has 1 atom stereocenters. The summed E-state index contributed by atoms with van der Waals surface area (Å²) in [5.41, 5.74) is 0. The van der Waals surface area contributed by atoms with Gasteiger partial charge < -0.3 is 10.2 Å². The van der Waals surface area contributed by atoms with Crippen LogP contribution in [-0.4, -0.2) is 74.2 Å². The zero-order valence-corrected chi connectivity index (χ0v) is 15.0. The number of likely N-dealkylation sites (tertiary alicyclic amines) is 1. The molecule has 2 rings (SSSR count). The van der Waals surface area contributed by atoms with E-state index in [0.717, 1.165) is 25.6 Å². The molecule has 0 bridgehead atoms. The largest absolute Gasteiger partial charge is 0.402 e. The van der Waals surface area contributed by atoms with E-state index < -0.39 is 28.8 Å². The molecule has 0 spiro atoms. The van der Waals surface area contributed by atoms with E-state index in [2.05, 4.69) is 5.32 Å². The average molecular weight is 394 g/mol. The molecule has 2 saturated heterocycles. The van der Waals surface area contributed by atoms with Gasteiger partial charge in [0.25, 0.3) is 0 Å². The van der Waals surface area contributed by atoms with E-state index in [9.17, 15) is 26.4 Å². The molecule has 2 aliphatic heterocycles. The van der Waals surface area contributed by atoms with Crippen LogP contribution in [0.15, 0.2) is 0 Å². The number of rotatable bonds is 4. The van der Waals surface area contributed by atoms with Crippen molar-refractivity contribution >= 4 is 28.3 Å². The molecule has 142 valence electrons. The third kappa shape index (κ3) is 5.75. The van der Waals surface area contributed by atoms with E-state index in [0.29, 0.717) is 4.31 Å². The molecule has 0 aliphatic carbocycles. The number of piperidine rings is 1. The minimum Gasteiger partial charge on any atom is -0.341 e. The Labute approximate surface area is 146 Å². The number of sulfonamides is 1. The molecule has 24 heavy (non-hydrogen) atoms. The first-order chi connectivity index (χ1) is 10.6. The molecule has 6 nitrogen and oxygen atoms in total. The first-order valence-corrected chi connectivity index (χ1v) is 9.48. The lowest BCUT2D eigenvalue weighted by atomic mass is 10.0. The van der Waals surface area contributed by atoms with Crippen LogP contribution >= 0.6 is 12.4 Å². The summed E-state index contributed by atoms with van der Waals surface area (Å²) in [5, 5.41) is 3.10. The summed E-state index contributed by atoms with van der Waals surface area (Å²) in [5.74, 6) is -0.0392. The quantitative estimate of drug-likeness (QED) is 0.773. The summed E-state index contributed by atoms with van der Waals surface area (Å²) < 4.78 is 61.7. The molecule has 1 amide bonds. The van der Waals surface area contributed by atoms with Crippen LogP contribution in [0.3, 0.4) is 0 Å². The van der Waals surface area contributed by atoms with Gasteiger partial charge in [-0.15, -0.1) is 12.4 Å². The molecule has 0 saturated carbocycles. The highest BCUT2D eigenvalue weighted by atomic mass is 35.5. The second kappa shape index (κ2) is 8.20. The van der Waals surface area contributed by atoms with E-state index in [-0.39, 0.29) is 50.3 Å². The van der Waals surface area contributed by atoms with Gasteiger partial charge in [-0.25, -0.2) is 8.42 Å². The molecule has 0 radical (unpaired) electrons. The van der Waals surface area contributed by atoms with Crippen LogP contribution in [0.25, 0.3) is 0 Å². The van der Waals surface area contributed by atoms with Crippen molar-refractivity contribution in [2.75, 3.05) is 32.4 Å². The predicted molar refractivity (Wildman–Crippen MR) is 85.5 cm³/mol. The molecule has 11 heteroatoms. The Bertz CT molecular complexity index is 530. The number of alkyl halides is 3. The number of carbonyl (C=O) groups is 1. The van der Waals surface area contributed by atoms with Crippen LogP contribution in [0.2, 0.25) is 0 Å². The Morgan fingerprint density at radius 2 is 1.83 bits per heavy atom. The monoisotopic (exact) mass is 393 g/mol. The van der Waals surface area contributed by atoms with Crippen molar-refractivity contribution in [2.24, 2.45) is 0 Å². The first-order valence-electron chi connectivity index (χ1n) is 7.63. The predicted octanol–water partition coefficient (Wildman–Crippen LogP) is 0.975. The van der Waals surface area contributed by atoms with Crippen molar-refractivity contribution in [3.63, 3.8) is 0 Å². The Morgan fingerprint density at radius 3 is 2.25 bits per heavy atom. The smallest absolute Gasteiger partial charge is 0.341 e. The average Bonchev–Trinajstić information content (AvgIpc) is 2.96. The Kier molecular flexibility index (Phi) is 7.33. The van der Waals surface area contributed by atoms with Crippen molar-refractivity contribution < 1.29 is 26.4 Å². The topological polar surface area (TPSA) is 69.7 Å². The third-order valence-electron chi connectivity index (χ3n) is 4.30. The summed E-state index contributed by atoms with van der Waals surface area (Å²) in [4.78, 5) is 13.9. The number of carbonyl (C=O) groups excluding carboxylic acids is 1. The second-order valence-corrected chi connectivity index (χ2v) is 8.06. The van der Waals surface area contributed by atoms with Crippen molar-refractivity contribution in [2.45, 2.75) is 43.9 Å². The molecule has 1 N–H and O–H groups in total. The van der Waals surface area contributed by atoms with Gasteiger partial charge in [0.1, 0.15) is 6.54 Å².